The van der Waals surface area contributed by atoms with E-state index < -0.39 is 10.8 Å². The molecule has 3 atom stereocenters. The Morgan fingerprint density at radius 3 is 2.10 bits per heavy atom. The van der Waals surface area contributed by atoms with Gasteiger partial charge in [-0.15, -0.1) is 0 Å². The van der Waals surface area contributed by atoms with Crippen molar-refractivity contribution in [1.82, 2.24) is 19.9 Å². The summed E-state index contributed by atoms with van der Waals surface area (Å²) in [5.41, 5.74) is 15.1. The molecule has 0 radical (unpaired) electrons. The lowest BCUT2D eigenvalue weighted by molar-refractivity contribution is -0.141. The van der Waals surface area contributed by atoms with Crippen molar-refractivity contribution in [1.29, 1.82) is 5.26 Å². The third-order valence-corrected chi connectivity index (χ3v) is 13.8. The van der Waals surface area contributed by atoms with Gasteiger partial charge in [-0.3, -0.25) is 19.4 Å². The van der Waals surface area contributed by atoms with E-state index in [-0.39, 0.29) is 30.8 Å². The third kappa shape index (κ3) is 5.63. The zero-order valence-corrected chi connectivity index (χ0v) is 35.3. The summed E-state index contributed by atoms with van der Waals surface area (Å²) in [6, 6.07) is 14.4. The van der Waals surface area contributed by atoms with Gasteiger partial charge in [0.2, 0.25) is 0 Å². The summed E-state index contributed by atoms with van der Waals surface area (Å²) in [5, 5.41) is 11.1. The fourth-order valence-electron chi connectivity index (χ4n) is 10.7. The number of hydrogen-bond donors (Lipinski definition) is 2. The minimum absolute atomic E-state index is 0.184. The number of allylic oxidation sites excluding steroid dienone is 2. The van der Waals surface area contributed by atoms with Gasteiger partial charge in [-0.1, -0.05) is 13.8 Å². The van der Waals surface area contributed by atoms with Gasteiger partial charge in [-0.2, -0.15) is 5.26 Å². The Morgan fingerprint density at radius 2 is 1.54 bits per heavy atom. The van der Waals surface area contributed by atoms with Gasteiger partial charge in [0.05, 0.1) is 65.5 Å². The minimum atomic E-state index is -0.805. The number of hydrogen-bond acceptors (Lipinski definition) is 9. The van der Waals surface area contributed by atoms with E-state index in [9.17, 15) is 19.6 Å². The first-order valence-electron chi connectivity index (χ1n) is 20.4. The number of aromatic amines is 2. The molecule has 3 aromatic heterocycles. The molecule has 4 aromatic rings. The molecule has 0 unspecified atom stereocenters. The second kappa shape index (κ2) is 14.5. The highest BCUT2D eigenvalue weighted by Crippen LogP contribution is 2.64. The highest BCUT2D eigenvalue weighted by molar-refractivity contribution is 5.96. The lowest BCUT2D eigenvalue weighted by atomic mass is 9.50. The van der Waals surface area contributed by atoms with E-state index in [1.807, 2.05) is 31.3 Å². The predicted molar refractivity (Wildman–Crippen MR) is 230 cm³/mol. The smallest absolute Gasteiger partial charge is 0.305 e. The first-order chi connectivity index (χ1) is 28.3. The number of anilines is 1. The lowest BCUT2D eigenvalue weighted by Gasteiger charge is -2.58. The fourth-order valence-corrected chi connectivity index (χ4v) is 10.7. The predicted octanol–water partition coefficient (Wildman–Crippen LogP) is 8.69. The number of nitrogens with zero attached hydrogens (tertiary/aromatic N) is 4. The molecule has 1 aliphatic carbocycles. The molecule has 59 heavy (non-hydrogen) atoms. The maximum atomic E-state index is 12.6. The third-order valence-electron chi connectivity index (χ3n) is 13.8. The Balaban J connectivity index is 1.59. The van der Waals surface area contributed by atoms with Crippen LogP contribution in [0.15, 0.2) is 42.0 Å². The number of esters is 2. The largest absolute Gasteiger partial charge is 0.469 e. The van der Waals surface area contributed by atoms with Crippen LogP contribution in [0.4, 0.5) is 5.69 Å². The van der Waals surface area contributed by atoms with Crippen LogP contribution in [0, 0.1) is 25.2 Å². The van der Waals surface area contributed by atoms with E-state index in [2.05, 4.69) is 80.7 Å². The SMILES string of the molecule is CCC1=C(C)c2nc1cc1[nH]c(cc3[nH]c(cc4nc5c2C=C(C#N)[C@H]2N(C)c6ccc(C=O)cc6[C@]4(C)[C@@]52CC)c(C)c3CCC(=O)OC)c(CCC(=O)OC)c1C. The lowest BCUT2D eigenvalue weighted by Crippen LogP contribution is -2.63. The molecule has 8 rings (SSSR count). The van der Waals surface area contributed by atoms with Crippen molar-refractivity contribution in [2.24, 2.45) is 0 Å². The van der Waals surface area contributed by atoms with E-state index in [0.717, 1.165) is 108 Å². The Kier molecular flexibility index (Phi) is 9.73. The summed E-state index contributed by atoms with van der Waals surface area (Å²) < 4.78 is 10.1. The van der Waals surface area contributed by atoms with Crippen LogP contribution >= 0.6 is 0 Å². The Hall–Kier alpha value is -6.28. The van der Waals surface area contributed by atoms with Gasteiger partial charge >= 0.3 is 11.9 Å². The van der Waals surface area contributed by atoms with Crippen molar-refractivity contribution in [3.05, 3.63) is 104 Å². The highest BCUT2D eigenvalue weighted by atomic mass is 16.5. The molecule has 1 aromatic carbocycles. The Bertz CT molecular complexity index is 2780. The highest BCUT2D eigenvalue weighted by Gasteiger charge is 2.66. The zero-order valence-electron chi connectivity index (χ0n) is 35.3. The first-order valence-corrected chi connectivity index (χ1v) is 20.4. The van der Waals surface area contributed by atoms with E-state index >= 15 is 0 Å². The number of likely N-dealkylation sites (N-methyl/N-ethyl adjacent to an activating group) is 1. The number of fused-ring (bicyclic) bond motifs is 11. The number of carbonyl (C=O) groups is 3. The van der Waals surface area contributed by atoms with Crippen LogP contribution in [0.2, 0.25) is 0 Å². The minimum Gasteiger partial charge on any atom is -0.469 e. The molecular formula is C48H50N6O5. The van der Waals surface area contributed by atoms with Gasteiger partial charge in [-0.25, -0.2) is 4.98 Å². The van der Waals surface area contributed by atoms with Crippen molar-refractivity contribution < 1.29 is 23.9 Å². The first kappa shape index (κ1) is 39.5. The number of aldehydes is 1. The van der Waals surface area contributed by atoms with Crippen LogP contribution in [0.1, 0.15) is 120 Å². The normalized spacial score (nSPS) is 20.2. The molecule has 6 heterocycles. The number of nitrogens with one attached hydrogen (secondary N) is 2. The van der Waals surface area contributed by atoms with Crippen molar-refractivity contribution in [3.63, 3.8) is 0 Å². The molecule has 0 spiro atoms. The van der Waals surface area contributed by atoms with Crippen LogP contribution in [0.3, 0.4) is 0 Å². The van der Waals surface area contributed by atoms with E-state index in [0.29, 0.717) is 30.4 Å². The summed E-state index contributed by atoms with van der Waals surface area (Å²) in [5.74, 6) is -0.604. The molecule has 11 nitrogen and oxygen atoms in total. The van der Waals surface area contributed by atoms with Crippen LogP contribution in [0.25, 0.3) is 39.3 Å². The number of rotatable bonds is 9. The fraction of sp³-hybridized carbons (Fsp3) is 0.375. The standard InChI is InChI=1S/C48H50N6O5/c1-10-30-27(5)44-33-19-29(23-49)46-48(11-2)45(33)53-41(47(48,6)34-18-28(24-55)12-15-40(34)54(46)7)22-36-26(4)32(14-17-43(57)59-9)39(51-36)21-38-31(13-16-42(56)58-8)25(3)35(50-38)20-37(30)52-44/h12,15,18-22,24,46,50-51H,10-11,13-14,16-17H2,1-9H3/t46-,47+,48+/m1/s1. The number of ether oxygens (including phenoxy) is 2. The number of nitriles is 1. The molecule has 0 amide bonds. The van der Waals surface area contributed by atoms with Gasteiger partial charge in [0.25, 0.3) is 0 Å². The van der Waals surface area contributed by atoms with Crippen LogP contribution in [-0.2, 0) is 42.7 Å². The van der Waals surface area contributed by atoms with E-state index in [1.165, 1.54) is 14.2 Å². The van der Waals surface area contributed by atoms with Gasteiger partial charge in [-0.05, 0) is 135 Å². The van der Waals surface area contributed by atoms with Crippen LogP contribution in [-0.4, -0.2) is 65.5 Å². The van der Waals surface area contributed by atoms with Gasteiger partial charge in [0.15, 0.2) is 0 Å². The molecule has 0 fully saturated rings. The van der Waals surface area contributed by atoms with Gasteiger partial charge in [0.1, 0.15) is 6.29 Å². The molecule has 3 aliphatic heterocycles. The molecule has 8 bridgehead atoms. The Labute approximate surface area is 344 Å². The van der Waals surface area contributed by atoms with E-state index in [1.54, 1.807) is 0 Å². The number of aromatic nitrogens is 4. The second-order valence-corrected chi connectivity index (χ2v) is 16.3. The monoisotopic (exact) mass is 790 g/mol. The Morgan fingerprint density at radius 1 is 0.915 bits per heavy atom. The summed E-state index contributed by atoms with van der Waals surface area (Å²) in [7, 11) is 4.84. The molecular weight excluding hydrogens is 741 g/mol. The molecule has 4 aliphatic rings. The number of aryl methyl sites for hydroxylation is 4. The molecule has 2 N–H and O–H groups in total. The molecule has 0 saturated carbocycles. The maximum absolute atomic E-state index is 12.6. The van der Waals surface area contributed by atoms with Crippen molar-refractivity contribution >= 4 is 63.2 Å². The summed E-state index contributed by atoms with van der Waals surface area (Å²) >= 11 is 0. The number of methoxy groups -OCH3 is 2. The van der Waals surface area contributed by atoms with Crippen LogP contribution in [0.5, 0.6) is 0 Å². The summed E-state index contributed by atoms with van der Waals surface area (Å²) in [4.78, 5) is 58.2. The molecule has 11 heteroatoms. The number of benzene rings is 1. The van der Waals surface area contributed by atoms with Crippen LogP contribution < -0.4 is 4.90 Å². The maximum Gasteiger partial charge on any atom is 0.305 e. The van der Waals surface area contributed by atoms with E-state index in [4.69, 9.17) is 19.4 Å². The average Bonchev–Trinajstić information content (AvgIpc) is 3.90. The van der Waals surface area contributed by atoms with Crippen molar-refractivity contribution in [2.75, 3.05) is 26.2 Å². The zero-order chi connectivity index (χ0) is 42.1. The van der Waals surface area contributed by atoms with Crippen molar-refractivity contribution in [3.8, 4) is 6.07 Å². The number of carbonyl (C=O) groups excluding carboxylic acids is 3. The molecule has 302 valence electrons. The summed E-state index contributed by atoms with van der Waals surface area (Å²) in [6.07, 6.45) is 5.53. The van der Waals surface area contributed by atoms with Crippen molar-refractivity contribution in [2.45, 2.75) is 96.9 Å². The average molecular weight is 791 g/mol. The quantitative estimate of drug-likeness (QED) is 0.125. The topological polar surface area (TPSA) is 154 Å². The number of H-pyrrole nitrogens is 2. The second-order valence-electron chi connectivity index (χ2n) is 16.3. The summed E-state index contributed by atoms with van der Waals surface area (Å²) in [6.45, 7) is 12.7. The van der Waals surface area contributed by atoms with Gasteiger partial charge < -0.3 is 24.3 Å². The molecule has 0 saturated heterocycles. The van der Waals surface area contributed by atoms with Gasteiger partial charge in [0, 0.05) is 58.8 Å².